The molecule has 0 aliphatic rings. The highest BCUT2D eigenvalue weighted by atomic mass is 35.5. The third-order valence-corrected chi connectivity index (χ3v) is 1.22. The summed E-state index contributed by atoms with van der Waals surface area (Å²) in [4.78, 5) is 3.55. The topological polar surface area (TPSA) is 56.9 Å². The normalized spacial score (nSPS) is 8.00. The van der Waals surface area contributed by atoms with E-state index in [-0.39, 0.29) is 29.0 Å². The molecular formula is C6H4Cl2N2O. The summed E-state index contributed by atoms with van der Waals surface area (Å²) in [6.07, 6.45) is 0. The van der Waals surface area contributed by atoms with E-state index in [1.54, 1.807) is 6.07 Å². The number of pyridine rings is 1. The Hall–Kier alpha value is -0.980. The molecule has 0 aliphatic carbocycles. The van der Waals surface area contributed by atoms with Gasteiger partial charge in [0.25, 0.3) is 0 Å². The van der Waals surface area contributed by atoms with Crippen molar-refractivity contribution in [3.63, 3.8) is 0 Å². The van der Waals surface area contributed by atoms with Crippen LogP contribution in [0.3, 0.4) is 0 Å². The molecule has 0 radical (unpaired) electrons. The molecule has 0 aliphatic heterocycles. The number of hydrogen-bond acceptors (Lipinski definition) is 3. The van der Waals surface area contributed by atoms with Gasteiger partial charge in [0, 0.05) is 0 Å². The molecule has 1 N–H and O–H groups in total. The SMILES string of the molecule is Cl.N#Cc1ccc(O)c(Cl)n1. The maximum Gasteiger partial charge on any atom is 0.172 e. The monoisotopic (exact) mass is 190 g/mol. The van der Waals surface area contributed by atoms with Crippen molar-refractivity contribution in [2.24, 2.45) is 0 Å². The molecule has 0 fully saturated rings. The van der Waals surface area contributed by atoms with E-state index in [9.17, 15) is 0 Å². The van der Waals surface area contributed by atoms with Gasteiger partial charge in [0.1, 0.15) is 11.8 Å². The molecule has 0 spiro atoms. The number of nitrogens with zero attached hydrogens (tertiary/aromatic N) is 2. The average molecular weight is 191 g/mol. The van der Waals surface area contributed by atoms with E-state index in [4.69, 9.17) is 22.0 Å². The summed E-state index contributed by atoms with van der Waals surface area (Å²) in [6, 6.07) is 4.51. The Morgan fingerprint density at radius 1 is 1.55 bits per heavy atom. The largest absolute Gasteiger partial charge is 0.505 e. The first-order valence-corrected chi connectivity index (χ1v) is 2.87. The molecule has 0 saturated heterocycles. The fourth-order valence-corrected chi connectivity index (χ4v) is 0.643. The zero-order valence-corrected chi connectivity index (χ0v) is 6.85. The third-order valence-electron chi connectivity index (χ3n) is 0.944. The molecule has 1 rings (SSSR count). The number of rotatable bonds is 0. The third kappa shape index (κ3) is 2.26. The number of hydrogen-bond donors (Lipinski definition) is 1. The number of aromatic nitrogens is 1. The van der Waals surface area contributed by atoms with Crippen LogP contribution >= 0.6 is 24.0 Å². The van der Waals surface area contributed by atoms with Gasteiger partial charge in [-0.2, -0.15) is 5.26 Å². The van der Waals surface area contributed by atoms with E-state index in [2.05, 4.69) is 4.98 Å². The van der Waals surface area contributed by atoms with Crippen molar-refractivity contribution in [3.8, 4) is 11.8 Å². The second-order valence-corrected chi connectivity index (χ2v) is 1.98. The molecule has 0 atom stereocenters. The number of aromatic hydroxyl groups is 1. The summed E-state index contributed by atoms with van der Waals surface area (Å²) in [5.41, 5.74) is 0.197. The van der Waals surface area contributed by atoms with Crippen LogP contribution in [0.5, 0.6) is 5.75 Å². The molecule has 3 nitrogen and oxygen atoms in total. The quantitative estimate of drug-likeness (QED) is 0.635. The molecule has 0 saturated carbocycles. The highest BCUT2D eigenvalue weighted by molar-refractivity contribution is 6.30. The average Bonchev–Trinajstić information content (AvgIpc) is 1.95. The van der Waals surface area contributed by atoms with Gasteiger partial charge in [-0.15, -0.1) is 12.4 Å². The lowest BCUT2D eigenvalue weighted by molar-refractivity contribution is 0.473. The molecule has 58 valence electrons. The molecule has 0 aromatic carbocycles. The molecule has 1 aromatic rings. The van der Waals surface area contributed by atoms with Gasteiger partial charge in [0.05, 0.1) is 0 Å². The smallest absolute Gasteiger partial charge is 0.172 e. The van der Waals surface area contributed by atoms with Crippen LogP contribution in [0.2, 0.25) is 5.15 Å². The molecule has 0 amide bonds. The lowest BCUT2D eigenvalue weighted by Gasteiger charge is -1.92. The van der Waals surface area contributed by atoms with Crippen LogP contribution in [0.25, 0.3) is 0 Å². The van der Waals surface area contributed by atoms with Gasteiger partial charge in [-0.25, -0.2) is 4.98 Å². The first-order valence-electron chi connectivity index (χ1n) is 2.49. The molecule has 1 aromatic heterocycles. The van der Waals surface area contributed by atoms with E-state index in [0.29, 0.717) is 0 Å². The zero-order valence-electron chi connectivity index (χ0n) is 5.28. The van der Waals surface area contributed by atoms with Crippen LogP contribution in [0, 0.1) is 11.3 Å². The molecule has 0 bridgehead atoms. The van der Waals surface area contributed by atoms with E-state index in [1.807, 2.05) is 0 Å². The first-order chi connectivity index (χ1) is 4.74. The van der Waals surface area contributed by atoms with Gasteiger partial charge in [-0.1, -0.05) is 11.6 Å². The van der Waals surface area contributed by atoms with Gasteiger partial charge in [-0.3, -0.25) is 0 Å². The van der Waals surface area contributed by atoms with E-state index in [0.717, 1.165) is 0 Å². The maximum atomic E-state index is 8.84. The van der Waals surface area contributed by atoms with Crippen LogP contribution in [-0.4, -0.2) is 10.1 Å². The maximum absolute atomic E-state index is 8.84. The minimum atomic E-state index is -0.110. The highest BCUT2D eigenvalue weighted by Gasteiger charge is 1.98. The van der Waals surface area contributed by atoms with Crippen LogP contribution < -0.4 is 0 Å². The second kappa shape index (κ2) is 4.02. The lowest BCUT2D eigenvalue weighted by Crippen LogP contribution is -1.81. The summed E-state index contributed by atoms with van der Waals surface area (Å²) in [6.45, 7) is 0. The van der Waals surface area contributed by atoms with Crippen molar-refractivity contribution in [1.29, 1.82) is 5.26 Å². The van der Waals surface area contributed by atoms with Gasteiger partial charge >= 0.3 is 0 Å². The predicted octanol–water partition coefficient (Wildman–Crippen LogP) is 1.73. The standard InChI is InChI=1S/C6H3ClN2O.ClH/c7-6-5(10)2-1-4(3-8)9-6;/h1-2,10H;1H. The molecule has 0 unspecified atom stereocenters. The van der Waals surface area contributed by atoms with Gasteiger partial charge in [0.15, 0.2) is 10.9 Å². The van der Waals surface area contributed by atoms with Crippen molar-refractivity contribution in [2.75, 3.05) is 0 Å². The lowest BCUT2D eigenvalue weighted by atomic mass is 10.4. The summed E-state index contributed by atoms with van der Waals surface area (Å²) < 4.78 is 0. The van der Waals surface area contributed by atoms with Crippen molar-refractivity contribution in [2.45, 2.75) is 0 Å². The fraction of sp³-hybridized carbons (Fsp3) is 0. The molecular weight excluding hydrogens is 187 g/mol. The Balaban J connectivity index is 0.000001000. The van der Waals surface area contributed by atoms with Crippen LogP contribution in [0.4, 0.5) is 0 Å². The molecule has 1 heterocycles. The van der Waals surface area contributed by atoms with Crippen molar-refractivity contribution < 1.29 is 5.11 Å². The number of halogens is 2. The first kappa shape index (κ1) is 10.0. The van der Waals surface area contributed by atoms with Crippen LogP contribution in [-0.2, 0) is 0 Å². The minimum Gasteiger partial charge on any atom is -0.505 e. The van der Waals surface area contributed by atoms with E-state index >= 15 is 0 Å². The Labute approximate surface area is 74.7 Å². The van der Waals surface area contributed by atoms with Crippen LogP contribution in [0.1, 0.15) is 5.69 Å². The highest BCUT2D eigenvalue weighted by Crippen LogP contribution is 2.19. The van der Waals surface area contributed by atoms with Gasteiger partial charge < -0.3 is 5.11 Å². The van der Waals surface area contributed by atoms with Gasteiger partial charge in [-0.05, 0) is 12.1 Å². The van der Waals surface area contributed by atoms with Crippen molar-refractivity contribution in [3.05, 3.63) is 23.0 Å². The zero-order chi connectivity index (χ0) is 7.56. The second-order valence-electron chi connectivity index (χ2n) is 1.62. The molecule has 5 heteroatoms. The van der Waals surface area contributed by atoms with Crippen LogP contribution in [0.15, 0.2) is 12.1 Å². The number of nitriles is 1. The summed E-state index contributed by atoms with van der Waals surface area (Å²) in [5.74, 6) is -0.110. The Morgan fingerprint density at radius 2 is 2.18 bits per heavy atom. The Morgan fingerprint density at radius 3 is 2.64 bits per heavy atom. The fourth-order valence-electron chi connectivity index (χ4n) is 0.489. The molecule has 11 heavy (non-hydrogen) atoms. The van der Waals surface area contributed by atoms with E-state index < -0.39 is 0 Å². The summed E-state index contributed by atoms with van der Waals surface area (Å²) in [7, 11) is 0. The van der Waals surface area contributed by atoms with Crippen molar-refractivity contribution >= 4 is 24.0 Å². The van der Waals surface area contributed by atoms with Crippen molar-refractivity contribution in [1.82, 2.24) is 4.98 Å². The summed E-state index contributed by atoms with van der Waals surface area (Å²) in [5, 5.41) is 17.1. The summed E-state index contributed by atoms with van der Waals surface area (Å²) >= 11 is 5.38. The van der Waals surface area contributed by atoms with Gasteiger partial charge in [0.2, 0.25) is 0 Å². The predicted molar refractivity (Wildman–Crippen MR) is 42.9 cm³/mol. The minimum absolute atomic E-state index is 0. The Kier molecular flexibility index (Phi) is 3.66. The Bertz CT molecular complexity index is 295. The van der Waals surface area contributed by atoms with E-state index in [1.165, 1.54) is 12.1 Å².